The zero-order valence-corrected chi connectivity index (χ0v) is 13.0. The molecule has 8 heteroatoms. The number of carbonyl (C=O) groups is 1. The second-order valence-corrected chi connectivity index (χ2v) is 5.53. The second kappa shape index (κ2) is 8.38. The third-order valence-corrected chi connectivity index (χ3v) is 3.47. The highest BCUT2D eigenvalue weighted by Crippen LogP contribution is 2.21. The summed E-state index contributed by atoms with van der Waals surface area (Å²) in [5, 5.41) is 10.1. The van der Waals surface area contributed by atoms with Gasteiger partial charge in [0.2, 0.25) is 5.91 Å². The Morgan fingerprint density at radius 2 is 2.33 bits per heavy atom. The van der Waals surface area contributed by atoms with E-state index in [4.69, 9.17) is 27.9 Å². The lowest BCUT2D eigenvalue weighted by atomic mass is 10.2. The molecule has 21 heavy (non-hydrogen) atoms. The van der Waals surface area contributed by atoms with Crippen LogP contribution >= 0.6 is 23.2 Å². The molecule has 0 aromatic carbocycles. The Hall–Kier alpha value is -1.08. The van der Waals surface area contributed by atoms with Crippen molar-refractivity contribution in [3.63, 3.8) is 0 Å². The number of hydrogen-bond acceptors (Lipinski definition) is 5. The fraction of sp³-hybridized carbons (Fsp3) is 0.538. The predicted molar refractivity (Wildman–Crippen MR) is 83.0 cm³/mol. The van der Waals surface area contributed by atoms with Gasteiger partial charge in [0.1, 0.15) is 5.82 Å². The number of amides is 1. The van der Waals surface area contributed by atoms with Crippen molar-refractivity contribution in [1.82, 2.24) is 15.6 Å². The minimum atomic E-state index is -0.00466. The number of halogens is 2. The van der Waals surface area contributed by atoms with Gasteiger partial charge in [-0.2, -0.15) is 0 Å². The third kappa shape index (κ3) is 5.67. The average Bonchev–Trinajstić information content (AvgIpc) is 2.46. The number of nitrogens with one attached hydrogen (secondary N) is 3. The molecule has 0 spiro atoms. The number of anilines is 1. The summed E-state index contributed by atoms with van der Waals surface area (Å²) in [6.45, 7) is 3.11. The molecule has 1 amide bonds. The molecular formula is C13H18Cl2N4O2. The summed E-state index contributed by atoms with van der Waals surface area (Å²) < 4.78 is 5.30. The zero-order valence-electron chi connectivity index (χ0n) is 11.5. The summed E-state index contributed by atoms with van der Waals surface area (Å²) in [5.74, 6) is 0.549. The molecule has 2 rings (SSSR count). The zero-order chi connectivity index (χ0) is 15.1. The van der Waals surface area contributed by atoms with Crippen LogP contribution in [0.1, 0.15) is 6.42 Å². The number of hydrogen-bond donors (Lipinski definition) is 3. The molecule has 1 atom stereocenters. The quantitative estimate of drug-likeness (QED) is 0.684. The van der Waals surface area contributed by atoms with Crippen LogP contribution in [0.4, 0.5) is 5.82 Å². The molecule has 1 aliphatic heterocycles. The predicted octanol–water partition coefficient (Wildman–Crippen LogP) is 1.30. The first-order valence-corrected chi connectivity index (χ1v) is 7.53. The van der Waals surface area contributed by atoms with Gasteiger partial charge in [0.05, 0.1) is 23.3 Å². The lowest BCUT2D eigenvalue weighted by Crippen LogP contribution is -2.44. The van der Waals surface area contributed by atoms with Crippen LogP contribution in [0, 0.1) is 0 Å². The number of carbonyl (C=O) groups excluding carboxylic acids is 1. The van der Waals surface area contributed by atoms with Gasteiger partial charge >= 0.3 is 0 Å². The largest absolute Gasteiger partial charge is 0.378 e. The van der Waals surface area contributed by atoms with Gasteiger partial charge in [-0.15, -0.1) is 0 Å². The van der Waals surface area contributed by atoms with Crippen LogP contribution in [0.25, 0.3) is 0 Å². The normalized spacial score (nSPS) is 18.3. The molecule has 1 aliphatic rings. The maximum Gasteiger partial charge on any atom is 0.221 e. The van der Waals surface area contributed by atoms with Crippen LogP contribution in [-0.2, 0) is 9.53 Å². The molecule has 3 N–H and O–H groups in total. The Kier molecular flexibility index (Phi) is 6.50. The minimum absolute atomic E-state index is 0.00466. The van der Waals surface area contributed by atoms with Crippen LogP contribution in [0.5, 0.6) is 0 Å². The monoisotopic (exact) mass is 332 g/mol. The molecule has 6 nitrogen and oxygen atoms in total. The van der Waals surface area contributed by atoms with Crippen molar-refractivity contribution in [3.05, 3.63) is 22.3 Å². The topological polar surface area (TPSA) is 75.3 Å². The lowest BCUT2D eigenvalue weighted by Gasteiger charge is -2.23. The fourth-order valence-corrected chi connectivity index (χ4v) is 2.42. The lowest BCUT2D eigenvalue weighted by molar-refractivity contribution is -0.122. The Balaban J connectivity index is 1.63. The van der Waals surface area contributed by atoms with Crippen molar-refractivity contribution < 1.29 is 9.53 Å². The van der Waals surface area contributed by atoms with Gasteiger partial charge in [0, 0.05) is 38.3 Å². The number of aromatic nitrogens is 1. The van der Waals surface area contributed by atoms with Crippen LogP contribution < -0.4 is 16.0 Å². The number of morpholine rings is 1. The molecule has 116 valence electrons. The number of pyridine rings is 1. The van der Waals surface area contributed by atoms with E-state index in [1.54, 1.807) is 6.07 Å². The smallest absolute Gasteiger partial charge is 0.221 e. The van der Waals surface area contributed by atoms with Gasteiger partial charge in [0.25, 0.3) is 0 Å². The maximum absolute atomic E-state index is 11.7. The molecule has 1 aromatic heterocycles. The van der Waals surface area contributed by atoms with Crippen LogP contribution in [0.15, 0.2) is 12.3 Å². The molecular weight excluding hydrogens is 315 g/mol. The molecule has 2 heterocycles. The molecule has 1 fully saturated rings. The summed E-state index contributed by atoms with van der Waals surface area (Å²) in [7, 11) is 0. The highest BCUT2D eigenvalue weighted by Gasteiger charge is 2.16. The van der Waals surface area contributed by atoms with Gasteiger partial charge < -0.3 is 20.7 Å². The third-order valence-electron chi connectivity index (χ3n) is 2.98. The Labute approximate surface area is 133 Å². The second-order valence-electron chi connectivity index (χ2n) is 4.69. The van der Waals surface area contributed by atoms with Gasteiger partial charge in [-0.1, -0.05) is 23.2 Å². The summed E-state index contributed by atoms with van der Waals surface area (Å²) in [5.41, 5.74) is 0. The van der Waals surface area contributed by atoms with Crippen molar-refractivity contribution in [2.75, 3.05) is 38.2 Å². The van der Waals surface area contributed by atoms with Crippen molar-refractivity contribution in [2.45, 2.75) is 12.5 Å². The summed E-state index contributed by atoms with van der Waals surface area (Å²) in [6, 6.07) is 1.71. The molecule has 0 aliphatic carbocycles. The Morgan fingerprint density at radius 3 is 3.05 bits per heavy atom. The molecule has 1 aromatic rings. The van der Waals surface area contributed by atoms with Crippen molar-refractivity contribution in [3.8, 4) is 0 Å². The van der Waals surface area contributed by atoms with E-state index >= 15 is 0 Å². The number of ether oxygens (including phenoxy) is 1. The molecule has 1 saturated heterocycles. The first-order valence-electron chi connectivity index (χ1n) is 6.78. The number of nitrogens with zero attached hydrogens (tertiary/aromatic N) is 1. The molecule has 0 bridgehead atoms. The van der Waals surface area contributed by atoms with Crippen molar-refractivity contribution in [2.24, 2.45) is 0 Å². The van der Waals surface area contributed by atoms with E-state index in [0.29, 0.717) is 48.6 Å². The first kappa shape index (κ1) is 16.3. The van der Waals surface area contributed by atoms with Crippen LogP contribution in [0.3, 0.4) is 0 Å². The maximum atomic E-state index is 11.7. The van der Waals surface area contributed by atoms with Crippen LogP contribution in [0.2, 0.25) is 10.0 Å². The van der Waals surface area contributed by atoms with E-state index in [-0.39, 0.29) is 11.9 Å². The summed E-state index contributed by atoms with van der Waals surface area (Å²) in [4.78, 5) is 15.8. The highest BCUT2D eigenvalue weighted by molar-refractivity contribution is 6.35. The summed E-state index contributed by atoms with van der Waals surface area (Å²) in [6.07, 6.45) is 1.93. The van der Waals surface area contributed by atoms with E-state index < -0.39 is 0 Å². The van der Waals surface area contributed by atoms with E-state index in [0.717, 1.165) is 6.54 Å². The average molecular weight is 333 g/mol. The fourth-order valence-electron chi connectivity index (χ4n) is 1.97. The summed E-state index contributed by atoms with van der Waals surface area (Å²) >= 11 is 11.7. The van der Waals surface area contributed by atoms with Crippen LogP contribution in [-0.4, -0.2) is 49.8 Å². The molecule has 1 unspecified atom stereocenters. The minimum Gasteiger partial charge on any atom is -0.378 e. The van der Waals surface area contributed by atoms with Gasteiger partial charge in [-0.05, 0) is 6.07 Å². The Bertz CT molecular complexity index is 481. The molecule has 0 radical (unpaired) electrons. The van der Waals surface area contributed by atoms with Crippen molar-refractivity contribution >= 4 is 34.9 Å². The Morgan fingerprint density at radius 1 is 1.48 bits per heavy atom. The van der Waals surface area contributed by atoms with Gasteiger partial charge in [0.15, 0.2) is 0 Å². The van der Waals surface area contributed by atoms with E-state index in [2.05, 4.69) is 20.9 Å². The first-order chi connectivity index (χ1) is 10.1. The SMILES string of the molecule is O=C(CC1COCCN1)NCCNc1ncc(Cl)cc1Cl. The van der Waals surface area contributed by atoms with E-state index in [1.165, 1.54) is 6.20 Å². The van der Waals surface area contributed by atoms with Gasteiger partial charge in [-0.3, -0.25) is 4.79 Å². The highest BCUT2D eigenvalue weighted by atomic mass is 35.5. The van der Waals surface area contributed by atoms with E-state index in [1.807, 2.05) is 0 Å². The number of rotatable bonds is 6. The van der Waals surface area contributed by atoms with Crippen molar-refractivity contribution in [1.29, 1.82) is 0 Å². The van der Waals surface area contributed by atoms with E-state index in [9.17, 15) is 4.79 Å². The molecule has 0 saturated carbocycles. The standard InChI is InChI=1S/C13H18Cl2N4O2/c14-9-5-11(15)13(19-7-9)18-2-1-17-12(20)6-10-8-21-4-3-16-10/h5,7,10,16H,1-4,6,8H2,(H,17,20)(H,18,19). The van der Waals surface area contributed by atoms with Gasteiger partial charge in [-0.25, -0.2) is 4.98 Å².